The maximum Gasteiger partial charge on any atom is 0.387 e. The number of halogens is 2. The van der Waals surface area contributed by atoms with Crippen LogP contribution in [-0.2, 0) is 22.9 Å². The smallest absolute Gasteiger partial charge is 0.387 e. The number of rotatable bonds is 5. The van der Waals surface area contributed by atoms with Gasteiger partial charge in [-0.2, -0.15) is 8.78 Å². The number of sulfonamides is 1. The highest BCUT2D eigenvalue weighted by Crippen LogP contribution is 2.38. The van der Waals surface area contributed by atoms with Gasteiger partial charge in [0.05, 0.1) is 16.3 Å². The Labute approximate surface area is 202 Å². The molecule has 3 aromatic rings. The van der Waals surface area contributed by atoms with E-state index in [-0.39, 0.29) is 16.2 Å². The molecule has 182 valence electrons. The van der Waals surface area contributed by atoms with Gasteiger partial charge in [0.25, 0.3) is 15.9 Å². The molecule has 2 aliphatic heterocycles. The summed E-state index contributed by atoms with van der Waals surface area (Å²) in [6, 6.07) is 18.1. The number of hydrogen-bond acceptors (Lipinski definition) is 4. The van der Waals surface area contributed by atoms with Crippen molar-refractivity contribution >= 4 is 27.3 Å². The van der Waals surface area contributed by atoms with Crippen LogP contribution >= 0.6 is 0 Å². The third kappa shape index (κ3) is 4.36. The van der Waals surface area contributed by atoms with Crippen LogP contribution in [0.15, 0.2) is 71.6 Å². The van der Waals surface area contributed by atoms with E-state index in [4.69, 9.17) is 0 Å². The lowest BCUT2D eigenvalue weighted by Crippen LogP contribution is -2.37. The Bertz CT molecular complexity index is 1380. The van der Waals surface area contributed by atoms with Gasteiger partial charge in [0.2, 0.25) is 0 Å². The summed E-state index contributed by atoms with van der Waals surface area (Å²) in [4.78, 5) is 14.9. The minimum atomic E-state index is -3.91. The minimum absolute atomic E-state index is 0.00871. The highest BCUT2D eigenvalue weighted by Gasteiger charge is 2.31. The average Bonchev–Trinajstić information content (AvgIpc) is 2.87. The monoisotopic (exact) mass is 498 g/mol. The first-order valence-electron chi connectivity index (χ1n) is 11.5. The Morgan fingerprint density at radius 3 is 2.43 bits per heavy atom. The van der Waals surface area contributed by atoms with Crippen molar-refractivity contribution in [3.05, 3.63) is 83.4 Å². The standard InChI is InChI=1S/C26H24F2N2O4S/c27-26(28)34-23-14-4-8-19-11-5-15-29(24(19)23)25(31)20-9-3-12-21(17-20)35(32,33)30-16-6-10-18-7-1-2-13-22(18)30/h1-4,7-9,12-14,17,26H,5-6,10-11,15-16H2. The van der Waals surface area contributed by atoms with E-state index >= 15 is 0 Å². The number of carbonyl (C=O) groups excluding carboxylic acids is 1. The fourth-order valence-electron chi connectivity index (χ4n) is 4.83. The quantitative estimate of drug-likeness (QED) is 0.495. The summed E-state index contributed by atoms with van der Waals surface area (Å²) < 4.78 is 59.2. The lowest BCUT2D eigenvalue weighted by Gasteiger charge is -2.32. The average molecular weight is 499 g/mol. The number of nitrogens with zero attached hydrogens (tertiary/aromatic N) is 2. The van der Waals surface area contributed by atoms with Crippen LogP contribution < -0.4 is 13.9 Å². The van der Waals surface area contributed by atoms with Crippen LogP contribution in [0.2, 0.25) is 0 Å². The van der Waals surface area contributed by atoms with E-state index in [2.05, 4.69) is 4.74 Å². The number of para-hydroxylation sites is 2. The van der Waals surface area contributed by atoms with Crippen molar-refractivity contribution < 1.29 is 26.7 Å². The molecule has 0 spiro atoms. The second-order valence-electron chi connectivity index (χ2n) is 8.54. The molecule has 0 fully saturated rings. The molecule has 0 unspecified atom stereocenters. The van der Waals surface area contributed by atoms with Crippen molar-refractivity contribution in [1.82, 2.24) is 0 Å². The van der Waals surface area contributed by atoms with E-state index in [0.717, 1.165) is 17.5 Å². The van der Waals surface area contributed by atoms with Crippen molar-refractivity contribution in [2.75, 3.05) is 22.3 Å². The normalized spacial score (nSPS) is 15.5. The molecule has 35 heavy (non-hydrogen) atoms. The van der Waals surface area contributed by atoms with E-state index in [1.54, 1.807) is 24.3 Å². The van der Waals surface area contributed by atoms with Crippen molar-refractivity contribution in [3.8, 4) is 5.75 Å². The number of ether oxygens (including phenoxy) is 1. The van der Waals surface area contributed by atoms with Crippen molar-refractivity contribution in [2.45, 2.75) is 37.2 Å². The van der Waals surface area contributed by atoms with Gasteiger partial charge in [-0.25, -0.2) is 8.42 Å². The number of anilines is 2. The van der Waals surface area contributed by atoms with Crippen LogP contribution in [0.4, 0.5) is 20.2 Å². The van der Waals surface area contributed by atoms with E-state index in [0.29, 0.717) is 43.7 Å². The molecular formula is C26H24F2N2O4S. The molecule has 0 aliphatic carbocycles. The summed E-state index contributed by atoms with van der Waals surface area (Å²) in [5, 5.41) is 0. The molecule has 0 bridgehead atoms. The van der Waals surface area contributed by atoms with Crippen LogP contribution in [0.1, 0.15) is 34.3 Å². The van der Waals surface area contributed by atoms with Gasteiger partial charge in [-0.1, -0.05) is 36.4 Å². The van der Waals surface area contributed by atoms with Crippen LogP contribution in [-0.4, -0.2) is 34.0 Å². The fraction of sp³-hybridized carbons (Fsp3) is 0.269. The lowest BCUT2D eigenvalue weighted by molar-refractivity contribution is -0.0495. The third-order valence-corrected chi connectivity index (χ3v) is 8.19. The summed E-state index contributed by atoms with van der Waals surface area (Å²) in [5.74, 6) is -0.536. The molecule has 5 rings (SSSR count). The van der Waals surface area contributed by atoms with Gasteiger partial charge in [-0.05, 0) is 67.1 Å². The summed E-state index contributed by atoms with van der Waals surface area (Å²) in [6.45, 7) is -2.36. The van der Waals surface area contributed by atoms with Crippen LogP contribution in [0.25, 0.3) is 0 Å². The van der Waals surface area contributed by atoms with Crippen LogP contribution in [0, 0.1) is 0 Å². The highest BCUT2D eigenvalue weighted by atomic mass is 32.2. The molecule has 6 nitrogen and oxygen atoms in total. The molecule has 3 aromatic carbocycles. The Morgan fingerprint density at radius 2 is 1.60 bits per heavy atom. The summed E-state index contributed by atoms with van der Waals surface area (Å²) in [6.07, 6.45) is 2.78. The molecule has 0 saturated heterocycles. The lowest BCUT2D eigenvalue weighted by atomic mass is 10.00. The van der Waals surface area contributed by atoms with Crippen LogP contribution in [0.5, 0.6) is 5.75 Å². The SMILES string of the molecule is O=C(c1cccc(S(=O)(=O)N2CCCc3ccccc32)c1)N1CCCc2cccc(OC(F)F)c21. The van der Waals surface area contributed by atoms with Gasteiger partial charge >= 0.3 is 6.61 Å². The molecule has 0 aromatic heterocycles. The molecule has 0 atom stereocenters. The first-order chi connectivity index (χ1) is 16.9. The van der Waals surface area contributed by atoms with Gasteiger partial charge in [-0.3, -0.25) is 9.10 Å². The number of carbonyl (C=O) groups is 1. The minimum Gasteiger partial charge on any atom is -0.433 e. The number of fused-ring (bicyclic) bond motifs is 2. The molecule has 0 saturated carbocycles. The van der Waals surface area contributed by atoms with E-state index in [9.17, 15) is 22.0 Å². The van der Waals surface area contributed by atoms with Crippen molar-refractivity contribution in [1.29, 1.82) is 0 Å². The Kier molecular flexibility index (Phi) is 6.19. The number of aryl methyl sites for hydroxylation is 2. The zero-order valence-corrected chi connectivity index (χ0v) is 19.7. The van der Waals surface area contributed by atoms with Gasteiger partial charge in [0.15, 0.2) is 0 Å². The second kappa shape index (κ2) is 9.30. The zero-order valence-electron chi connectivity index (χ0n) is 18.9. The Morgan fingerprint density at radius 1 is 0.886 bits per heavy atom. The van der Waals surface area contributed by atoms with Gasteiger partial charge in [-0.15, -0.1) is 0 Å². The zero-order chi connectivity index (χ0) is 24.6. The number of benzene rings is 3. The maximum absolute atomic E-state index is 13.6. The molecule has 2 aliphatic rings. The van der Waals surface area contributed by atoms with Gasteiger partial charge in [0, 0.05) is 18.7 Å². The number of alkyl halides is 2. The predicted molar refractivity (Wildman–Crippen MR) is 129 cm³/mol. The first-order valence-corrected chi connectivity index (χ1v) is 12.9. The van der Waals surface area contributed by atoms with E-state index in [1.165, 1.54) is 39.5 Å². The predicted octanol–water partition coefficient (Wildman–Crippen LogP) is 5.02. The molecule has 0 N–H and O–H groups in total. The Hall–Kier alpha value is -3.46. The van der Waals surface area contributed by atoms with Crippen molar-refractivity contribution in [2.24, 2.45) is 0 Å². The van der Waals surface area contributed by atoms with Crippen molar-refractivity contribution in [3.63, 3.8) is 0 Å². The fourth-order valence-corrected chi connectivity index (χ4v) is 6.42. The summed E-state index contributed by atoms with van der Waals surface area (Å²) >= 11 is 0. The number of hydrogen-bond donors (Lipinski definition) is 0. The topological polar surface area (TPSA) is 66.9 Å². The molecule has 2 heterocycles. The molecule has 1 amide bonds. The second-order valence-corrected chi connectivity index (χ2v) is 10.4. The van der Waals surface area contributed by atoms with Gasteiger partial charge < -0.3 is 9.64 Å². The molecule has 9 heteroatoms. The van der Waals surface area contributed by atoms with E-state index in [1.807, 2.05) is 12.1 Å². The van der Waals surface area contributed by atoms with Gasteiger partial charge in [0.1, 0.15) is 5.75 Å². The summed E-state index contributed by atoms with van der Waals surface area (Å²) in [5.41, 5.74) is 2.81. The van der Waals surface area contributed by atoms with E-state index < -0.39 is 22.5 Å². The third-order valence-electron chi connectivity index (χ3n) is 6.38. The molecular weight excluding hydrogens is 474 g/mol. The highest BCUT2D eigenvalue weighted by molar-refractivity contribution is 7.92. The summed E-state index contributed by atoms with van der Waals surface area (Å²) in [7, 11) is -3.91. The maximum atomic E-state index is 13.6. The van der Waals surface area contributed by atoms with Crippen LogP contribution in [0.3, 0.4) is 0 Å². The first kappa shape index (κ1) is 23.3. The largest absolute Gasteiger partial charge is 0.433 e. The molecule has 0 radical (unpaired) electrons. The Balaban J connectivity index is 1.50. The number of amides is 1.